The average molecular weight is 387 g/mol. The van der Waals surface area contributed by atoms with Gasteiger partial charge in [-0.1, -0.05) is 6.92 Å². The number of hydrogen-bond donors (Lipinski definition) is 1. The fourth-order valence-corrected chi connectivity index (χ4v) is 4.21. The molecule has 0 radical (unpaired) electrons. The van der Waals surface area contributed by atoms with Gasteiger partial charge in [-0.05, 0) is 62.5 Å². The highest BCUT2D eigenvalue weighted by Crippen LogP contribution is 2.47. The summed E-state index contributed by atoms with van der Waals surface area (Å²) < 4.78 is 8.56. The van der Waals surface area contributed by atoms with Crippen LogP contribution in [0.5, 0.6) is 0 Å². The van der Waals surface area contributed by atoms with Crippen LogP contribution in [0.2, 0.25) is 0 Å². The fraction of sp³-hybridized carbons (Fsp3) is 0.550. The summed E-state index contributed by atoms with van der Waals surface area (Å²) in [6.07, 6.45) is 6.42. The first kappa shape index (κ1) is 18.2. The molecule has 1 amide bonds. The molecule has 0 spiro atoms. The first-order valence-electron chi connectivity index (χ1n) is 9.78. The van der Waals surface area contributed by atoms with Crippen molar-refractivity contribution in [2.24, 2.45) is 5.92 Å². The first-order chi connectivity index (χ1) is 13.1. The van der Waals surface area contributed by atoms with Crippen molar-refractivity contribution in [2.45, 2.75) is 51.5 Å². The number of nitrogens with zero attached hydrogens (tertiary/aromatic N) is 3. The molecule has 1 saturated heterocycles. The Morgan fingerprint density at radius 1 is 1.41 bits per heavy atom. The second-order valence-corrected chi connectivity index (χ2v) is 8.01. The zero-order valence-corrected chi connectivity index (χ0v) is 16.7. The lowest BCUT2D eigenvalue weighted by Gasteiger charge is -2.30. The normalized spacial score (nSPS) is 23.3. The van der Waals surface area contributed by atoms with E-state index in [2.05, 4.69) is 24.0 Å². The Balaban J connectivity index is 1.33. The number of aromatic nitrogens is 3. The van der Waals surface area contributed by atoms with Crippen LogP contribution in [0.4, 0.5) is 0 Å². The van der Waals surface area contributed by atoms with E-state index in [4.69, 9.17) is 16.6 Å². The molecular weight excluding hydrogens is 360 g/mol. The van der Waals surface area contributed by atoms with Crippen LogP contribution in [0.3, 0.4) is 0 Å². The Morgan fingerprint density at radius 3 is 2.81 bits per heavy atom. The number of carbonyl (C=O) groups excluding carboxylic acids is 1. The van der Waals surface area contributed by atoms with Gasteiger partial charge in [0.05, 0.1) is 0 Å². The average Bonchev–Trinajstić information content (AvgIpc) is 3.08. The molecular formula is C20H26N4O2S. The molecule has 7 heteroatoms. The minimum atomic E-state index is 0.0422. The van der Waals surface area contributed by atoms with Gasteiger partial charge in [0.25, 0.3) is 0 Å². The van der Waals surface area contributed by atoms with Crippen molar-refractivity contribution in [3.63, 3.8) is 0 Å². The summed E-state index contributed by atoms with van der Waals surface area (Å²) in [5, 5.41) is 7.29. The predicted octanol–water partition coefficient (Wildman–Crippen LogP) is 4.10. The van der Waals surface area contributed by atoms with E-state index in [1.54, 1.807) is 12.2 Å². The quantitative estimate of drug-likeness (QED) is 0.621. The number of aromatic amines is 1. The van der Waals surface area contributed by atoms with Crippen molar-refractivity contribution in [1.82, 2.24) is 19.7 Å². The molecule has 1 saturated carbocycles. The van der Waals surface area contributed by atoms with Crippen LogP contribution in [-0.2, 0) is 11.3 Å². The van der Waals surface area contributed by atoms with Crippen molar-refractivity contribution < 1.29 is 9.21 Å². The molecule has 2 aromatic rings. The number of rotatable bonds is 5. The van der Waals surface area contributed by atoms with Crippen LogP contribution in [0, 0.1) is 10.7 Å². The number of nitrogens with one attached hydrogen (secondary N) is 1. The highest BCUT2D eigenvalue weighted by atomic mass is 32.1. The second kappa shape index (κ2) is 7.46. The number of amides is 1. The third kappa shape index (κ3) is 3.78. The Kier molecular flexibility index (Phi) is 5.04. The van der Waals surface area contributed by atoms with Crippen LogP contribution in [0.15, 0.2) is 22.6 Å². The Hall–Kier alpha value is -2.15. The van der Waals surface area contributed by atoms with Crippen LogP contribution < -0.4 is 0 Å². The third-order valence-corrected chi connectivity index (χ3v) is 6.10. The highest BCUT2D eigenvalue weighted by Gasteiger charge is 2.36. The van der Waals surface area contributed by atoms with E-state index >= 15 is 0 Å². The maximum absolute atomic E-state index is 12.5. The SMILES string of the molecule is CCn1c(C2CCN(C(=O)/C=C/c3ccc(C4CC4C)o3)CC2)n[nH]c1=S. The largest absolute Gasteiger partial charge is 0.461 e. The highest BCUT2D eigenvalue weighted by molar-refractivity contribution is 7.71. The number of piperidine rings is 1. The molecule has 3 heterocycles. The van der Waals surface area contributed by atoms with E-state index in [1.165, 1.54) is 6.42 Å². The summed E-state index contributed by atoms with van der Waals surface area (Å²) in [5.41, 5.74) is 0. The summed E-state index contributed by atoms with van der Waals surface area (Å²) in [7, 11) is 0. The van der Waals surface area contributed by atoms with Gasteiger partial charge in [0.2, 0.25) is 5.91 Å². The monoisotopic (exact) mass is 386 g/mol. The molecule has 0 aromatic carbocycles. The van der Waals surface area contributed by atoms with E-state index in [0.29, 0.717) is 22.5 Å². The molecule has 2 aliphatic rings. The lowest BCUT2D eigenvalue weighted by molar-refractivity contribution is -0.127. The van der Waals surface area contributed by atoms with Crippen molar-refractivity contribution in [3.8, 4) is 0 Å². The summed E-state index contributed by atoms with van der Waals surface area (Å²) >= 11 is 5.28. The summed E-state index contributed by atoms with van der Waals surface area (Å²) in [5.74, 6) is 4.48. The van der Waals surface area contributed by atoms with Crippen molar-refractivity contribution in [3.05, 3.63) is 40.3 Å². The molecule has 0 bridgehead atoms. The van der Waals surface area contributed by atoms with Gasteiger partial charge in [-0.15, -0.1) is 0 Å². The smallest absolute Gasteiger partial charge is 0.246 e. The van der Waals surface area contributed by atoms with Crippen molar-refractivity contribution in [2.75, 3.05) is 13.1 Å². The van der Waals surface area contributed by atoms with Gasteiger partial charge in [0.15, 0.2) is 4.77 Å². The lowest BCUT2D eigenvalue weighted by Crippen LogP contribution is -2.37. The minimum Gasteiger partial charge on any atom is -0.461 e. The molecule has 4 rings (SSSR count). The van der Waals surface area contributed by atoms with Crippen LogP contribution in [-0.4, -0.2) is 38.7 Å². The summed E-state index contributed by atoms with van der Waals surface area (Å²) in [4.78, 5) is 14.4. The lowest BCUT2D eigenvalue weighted by atomic mass is 9.96. The molecule has 1 N–H and O–H groups in total. The van der Waals surface area contributed by atoms with Gasteiger partial charge in [-0.2, -0.15) is 5.10 Å². The van der Waals surface area contributed by atoms with Gasteiger partial charge in [0, 0.05) is 37.5 Å². The summed E-state index contributed by atoms with van der Waals surface area (Å²) in [6.45, 7) is 6.59. The number of likely N-dealkylation sites (tertiary alicyclic amines) is 1. The number of carbonyl (C=O) groups is 1. The fourth-order valence-electron chi connectivity index (χ4n) is 3.94. The van der Waals surface area contributed by atoms with Gasteiger partial charge in [-0.25, -0.2) is 0 Å². The molecule has 1 aliphatic heterocycles. The van der Waals surface area contributed by atoms with Crippen LogP contribution in [0.1, 0.15) is 62.3 Å². The summed E-state index contributed by atoms with van der Waals surface area (Å²) in [6, 6.07) is 3.98. The third-order valence-electron chi connectivity index (χ3n) is 5.79. The molecule has 144 valence electrons. The number of hydrogen-bond acceptors (Lipinski definition) is 4. The molecule has 2 aromatic heterocycles. The van der Waals surface area contributed by atoms with E-state index < -0.39 is 0 Å². The number of furan rings is 1. The molecule has 2 atom stereocenters. The molecule has 2 fully saturated rings. The van der Waals surface area contributed by atoms with Crippen LogP contribution >= 0.6 is 12.2 Å². The van der Waals surface area contributed by atoms with Gasteiger partial charge in [-0.3, -0.25) is 9.89 Å². The Bertz CT molecular complexity index is 901. The Morgan fingerprint density at radius 2 is 2.15 bits per heavy atom. The van der Waals surface area contributed by atoms with Crippen molar-refractivity contribution >= 4 is 24.2 Å². The van der Waals surface area contributed by atoms with Crippen molar-refractivity contribution in [1.29, 1.82) is 0 Å². The maximum atomic E-state index is 12.5. The maximum Gasteiger partial charge on any atom is 0.246 e. The molecule has 1 aliphatic carbocycles. The van der Waals surface area contributed by atoms with Gasteiger partial charge < -0.3 is 13.9 Å². The molecule has 6 nitrogen and oxygen atoms in total. The molecule has 2 unspecified atom stereocenters. The first-order valence-corrected chi connectivity index (χ1v) is 10.2. The standard InChI is InChI=1S/C20H26N4O2S/c1-3-24-19(21-22-20(24)27)14-8-10-23(11-9-14)18(25)7-5-15-4-6-17(26-15)16-12-13(16)2/h4-7,13-14,16H,3,8-12H2,1-2H3,(H,22,27)/b7-5+. The van der Waals surface area contributed by atoms with Gasteiger partial charge in [0.1, 0.15) is 17.3 Å². The zero-order valence-electron chi connectivity index (χ0n) is 15.9. The van der Waals surface area contributed by atoms with E-state index in [1.807, 2.05) is 21.6 Å². The van der Waals surface area contributed by atoms with Crippen LogP contribution in [0.25, 0.3) is 6.08 Å². The molecule has 27 heavy (non-hydrogen) atoms. The minimum absolute atomic E-state index is 0.0422. The predicted molar refractivity (Wildman–Crippen MR) is 106 cm³/mol. The zero-order chi connectivity index (χ0) is 19.0. The van der Waals surface area contributed by atoms with Gasteiger partial charge >= 0.3 is 0 Å². The second-order valence-electron chi connectivity index (χ2n) is 7.62. The number of H-pyrrole nitrogens is 1. The Labute approximate surface area is 164 Å². The van der Waals surface area contributed by atoms with E-state index in [0.717, 1.165) is 49.8 Å². The van der Waals surface area contributed by atoms with E-state index in [-0.39, 0.29) is 5.91 Å². The van der Waals surface area contributed by atoms with E-state index in [9.17, 15) is 4.79 Å². The topological polar surface area (TPSA) is 67.1 Å².